The Balaban J connectivity index is 1.62. The molecule has 0 aliphatic carbocycles. The third kappa shape index (κ3) is 4.31. The third-order valence-corrected chi connectivity index (χ3v) is 5.97. The van der Waals surface area contributed by atoms with Crippen molar-refractivity contribution in [1.82, 2.24) is 5.32 Å². The summed E-state index contributed by atoms with van der Waals surface area (Å²) in [6.07, 6.45) is 0.879. The zero-order valence-electron chi connectivity index (χ0n) is 13.9. The molecule has 7 nitrogen and oxygen atoms in total. The van der Waals surface area contributed by atoms with Crippen molar-refractivity contribution in [3.05, 3.63) is 36.4 Å². The number of hydrogen-bond donors (Lipinski definition) is 3. The van der Waals surface area contributed by atoms with Crippen LogP contribution in [0.3, 0.4) is 0 Å². The van der Waals surface area contributed by atoms with E-state index in [1.807, 2.05) is 12.1 Å². The summed E-state index contributed by atoms with van der Waals surface area (Å²) in [5.74, 6) is 0.0935. The van der Waals surface area contributed by atoms with Gasteiger partial charge in [0.05, 0.1) is 0 Å². The predicted octanol–water partition coefficient (Wildman–Crippen LogP) is -2.16. The summed E-state index contributed by atoms with van der Waals surface area (Å²) in [6.45, 7) is 6.82. The fourth-order valence-corrected chi connectivity index (χ4v) is 4.16. The van der Waals surface area contributed by atoms with Gasteiger partial charge in [0.15, 0.2) is 6.29 Å². The van der Waals surface area contributed by atoms with Crippen LogP contribution in [-0.4, -0.2) is 47.0 Å². The van der Waals surface area contributed by atoms with Crippen LogP contribution in [0.2, 0.25) is 0 Å². The van der Waals surface area contributed by atoms with E-state index >= 15 is 0 Å². The van der Waals surface area contributed by atoms with Gasteiger partial charge >= 0.3 is 145 Å². The zero-order chi connectivity index (χ0) is 17.8. The van der Waals surface area contributed by atoms with Crippen molar-refractivity contribution in [2.45, 2.75) is 19.3 Å². The number of rotatable bonds is 6. The Hall–Kier alpha value is -2.07. The van der Waals surface area contributed by atoms with Crippen LogP contribution < -0.4 is 37.6 Å². The molecule has 2 unspecified atom stereocenters. The number of carbonyl (C=O) groups excluding carboxylic acids is 1. The standard InChI is InChI=1S/C17H20IN6O/c1-3-18-10(2)11-4-6-12(7-5-11)20-8-13-9-21-15-14(22-13)16(25)24-17(19)23-15/h4-7,9,14,17,20H,2-3,8,19H2,1H3,(H,24,25)/q-1. The van der Waals surface area contributed by atoms with Gasteiger partial charge in [0, 0.05) is 0 Å². The van der Waals surface area contributed by atoms with Crippen molar-refractivity contribution in [2.75, 3.05) is 16.3 Å². The van der Waals surface area contributed by atoms with Gasteiger partial charge in [-0.3, -0.25) is 5.73 Å². The average molecular weight is 451 g/mol. The fourth-order valence-electron chi connectivity index (χ4n) is 2.44. The molecule has 1 aromatic carbocycles. The number of carbonyl (C=O) groups is 1. The Kier molecular flexibility index (Phi) is 5.59. The number of hydrogen-bond acceptors (Lipinski definition) is 6. The van der Waals surface area contributed by atoms with E-state index < -0.39 is 12.3 Å². The first kappa shape index (κ1) is 17.7. The summed E-state index contributed by atoms with van der Waals surface area (Å²) in [5, 5.41) is 5.84. The molecule has 0 radical (unpaired) electrons. The predicted molar refractivity (Wildman–Crippen MR) is 97.8 cm³/mol. The van der Waals surface area contributed by atoms with E-state index in [4.69, 9.17) is 5.73 Å². The summed E-state index contributed by atoms with van der Waals surface area (Å²) < 4.78 is 2.45. The van der Waals surface area contributed by atoms with Gasteiger partial charge in [0.25, 0.3) is 0 Å². The molecule has 0 fully saturated rings. The monoisotopic (exact) mass is 451 g/mol. The maximum absolute atomic E-state index is 11.9. The van der Waals surface area contributed by atoms with Crippen molar-refractivity contribution in [2.24, 2.45) is 20.7 Å². The van der Waals surface area contributed by atoms with E-state index in [1.165, 1.54) is 13.6 Å². The molecule has 4 N–H and O–H groups in total. The number of halogens is 1. The van der Waals surface area contributed by atoms with E-state index in [0.29, 0.717) is 18.1 Å². The number of nitrogens with zero attached hydrogens (tertiary/aromatic N) is 3. The van der Waals surface area contributed by atoms with Gasteiger partial charge in [-0.15, -0.1) is 0 Å². The first-order valence-electron chi connectivity index (χ1n) is 7.93. The average Bonchev–Trinajstić information content (AvgIpc) is 2.61. The first-order chi connectivity index (χ1) is 12.1. The quantitative estimate of drug-likeness (QED) is 0.339. The number of alkyl halides is 1. The van der Waals surface area contributed by atoms with Crippen LogP contribution in [0.5, 0.6) is 0 Å². The molecular formula is C17H20IN6O-. The molecule has 1 aromatic rings. The van der Waals surface area contributed by atoms with Crippen molar-refractivity contribution >= 4 is 32.9 Å². The molecule has 2 aliphatic heterocycles. The van der Waals surface area contributed by atoms with Gasteiger partial charge in [-0.1, -0.05) is 0 Å². The van der Waals surface area contributed by atoms with Crippen LogP contribution in [-0.2, 0) is 4.79 Å². The van der Waals surface area contributed by atoms with Crippen molar-refractivity contribution < 1.29 is 26.0 Å². The SMILES string of the molecule is C=C([I-]CC)c1ccc(NCC2=NC3C(=O)NC(N)N=C3N=C2)cc1. The molecule has 0 saturated carbocycles. The normalized spacial score (nSPS) is 21.9. The number of nitrogens with two attached hydrogens (primary N) is 1. The number of anilines is 1. The molecule has 2 aliphatic rings. The second kappa shape index (κ2) is 7.87. The van der Waals surface area contributed by atoms with Crippen LogP contribution in [0, 0.1) is 0 Å². The molecule has 2 heterocycles. The van der Waals surface area contributed by atoms with Gasteiger partial charge < -0.3 is 0 Å². The molecule has 0 aromatic heterocycles. The first-order valence-corrected chi connectivity index (χ1v) is 10.5. The van der Waals surface area contributed by atoms with Gasteiger partial charge in [-0.2, -0.15) is 0 Å². The molecule has 0 saturated heterocycles. The van der Waals surface area contributed by atoms with E-state index in [1.54, 1.807) is 6.21 Å². The minimum atomic E-state index is -0.742. The van der Waals surface area contributed by atoms with Gasteiger partial charge in [-0.05, 0) is 0 Å². The number of aliphatic imine (C=N–C) groups is 3. The third-order valence-electron chi connectivity index (χ3n) is 3.66. The van der Waals surface area contributed by atoms with Crippen molar-refractivity contribution in [3.63, 3.8) is 0 Å². The number of nitrogens with one attached hydrogen (secondary N) is 2. The molecule has 3 rings (SSSR count). The molecule has 8 heteroatoms. The van der Waals surface area contributed by atoms with Crippen LogP contribution >= 0.6 is 0 Å². The van der Waals surface area contributed by atoms with E-state index in [9.17, 15) is 4.79 Å². The van der Waals surface area contributed by atoms with E-state index in [2.05, 4.69) is 51.2 Å². The molecular weight excluding hydrogens is 431 g/mol. The number of amidine groups is 1. The molecule has 132 valence electrons. The summed E-state index contributed by atoms with van der Waals surface area (Å²) in [7, 11) is 0. The maximum atomic E-state index is 11.9. The number of amides is 1. The summed E-state index contributed by atoms with van der Waals surface area (Å²) >= 11 is 0.0325. The van der Waals surface area contributed by atoms with Crippen LogP contribution in [0.1, 0.15) is 12.5 Å². The Morgan fingerprint density at radius 3 is 2.84 bits per heavy atom. The molecule has 1 amide bonds. The Labute approximate surface area is 156 Å². The molecule has 0 spiro atoms. The summed E-state index contributed by atoms with van der Waals surface area (Å²) in [4.78, 5) is 24.6. The minimum absolute atomic E-state index is 0.0325. The van der Waals surface area contributed by atoms with E-state index in [-0.39, 0.29) is 27.1 Å². The van der Waals surface area contributed by atoms with Crippen molar-refractivity contribution in [1.29, 1.82) is 0 Å². The Morgan fingerprint density at radius 1 is 1.36 bits per heavy atom. The number of benzene rings is 1. The van der Waals surface area contributed by atoms with Gasteiger partial charge in [-0.25, -0.2) is 0 Å². The Bertz CT molecular complexity index is 768. The molecule has 25 heavy (non-hydrogen) atoms. The van der Waals surface area contributed by atoms with Crippen molar-refractivity contribution in [3.8, 4) is 0 Å². The second-order valence-electron chi connectivity index (χ2n) is 5.46. The fraction of sp³-hybridized carbons (Fsp3) is 0.294. The topological polar surface area (TPSA) is 104 Å². The van der Waals surface area contributed by atoms with Crippen LogP contribution in [0.25, 0.3) is 3.58 Å². The second-order valence-corrected chi connectivity index (χ2v) is 9.05. The molecule has 0 bridgehead atoms. The van der Waals surface area contributed by atoms with Gasteiger partial charge in [0.1, 0.15) is 0 Å². The molecule has 2 atom stereocenters. The van der Waals surface area contributed by atoms with E-state index in [0.717, 1.165) is 5.69 Å². The van der Waals surface area contributed by atoms with Gasteiger partial charge in [0.2, 0.25) is 0 Å². The van der Waals surface area contributed by atoms with Crippen LogP contribution in [0.15, 0.2) is 45.8 Å². The summed E-state index contributed by atoms with van der Waals surface area (Å²) in [6, 6.07) is 7.51. The summed E-state index contributed by atoms with van der Waals surface area (Å²) in [5.41, 5.74) is 8.47. The van der Waals surface area contributed by atoms with Crippen LogP contribution in [0.4, 0.5) is 5.69 Å². The Morgan fingerprint density at radius 2 is 2.12 bits per heavy atom. The zero-order valence-corrected chi connectivity index (χ0v) is 16.0. The number of fused-ring (bicyclic) bond motifs is 1.